The van der Waals surface area contributed by atoms with Crippen molar-refractivity contribution in [1.82, 2.24) is 5.32 Å². The molecule has 0 saturated heterocycles. The Bertz CT molecular complexity index is 311. The van der Waals surface area contributed by atoms with Crippen molar-refractivity contribution in [2.24, 2.45) is 5.92 Å². The first kappa shape index (κ1) is 11.4. The van der Waals surface area contributed by atoms with Crippen LogP contribution in [0, 0.1) is 5.92 Å². The SMILES string of the molecule is C(=C\c1ccccc1)/CNCCCC1CC1. The van der Waals surface area contributed by atoms with Gasteiger partial charge in [-0.25, -0.2) is 0 Å². The smallest absolute Gasteiger partial charge is 0.0138 e. The van der Waals surface area contributed by atoms with Crippen LogP contribution in [0.2, 0.25) is 0 Å². The van der Waals surface area contributed by atoms with Crippen LogP contribution in [-0.4, -0.2) is 13.1 Å². The van der Waals surface area contributed by atoms with Crippen LogP contribution < -0.4 is 5.32 Å². The molecule has 1 aliphatic carbocycles. The van der Waals surface area contributed by atoms with E-state index in [1.165, 1.54) is 31.2 Å². The third kappa shape index (κ3) is 4.63. The van der Waals surface area contributed by atoms with Gasteiger partial charge in [-0.1, -0.05) is 55.3 Å². The molecule has 0 atom stereocenters. The third-order valence-electron chi connectivity index (χ3n) is 3.03. The molecule has 2 rings (SSSR count). The van der Waals surface area contributed by atoms with Crippen molar-refractivity contribution in [3.05, 3.63) is 42.0 Å². The second-order valence-corrected chi connectivity index (χ2v) is 4.60. The Morgan fingerprint density at radius 1 is 1.19 bits per heavy atom. The summed E-state index contributed by atoms with van der Waals surface area (Å²) in [6, 6.07) is 10.5. The molecule has 0 unspecified atom stereocenters. The zero-order valence-corrected chi connectivity index (χ0v) is 9.86. The number of rotatable bonds is 7. The van der Waals surface area contributed by atoms with Crippen LogP contribution in [0.25, 0.3) is 6.08 Å². The van der Waals surface area contributed by atoms with E-state index < -0.39 is 0 Å². The van der Waals surface area contributed by atoms with Gasteiger partial charge in [-0.05, 0) is 30.9 Å². The van der Waals surface area contributed by atoms with Crippen molar-refractivity contribution in [3.63, 3.8) is 0 Å². The van der Waals surface area contributed by atoms with Gasteiger partial charge in [0.1, 0.15) is 0 Å². The van der Waals surface area contributed by atoms with Crippen LogP contribution in [0.3, 0.4) is 0 Å². The molecule has 0 radical (unpaired) electrons. The minimum absolute atomic E-state index is 0.986. The van der Waals surface area contributed by atoms with E-state index in [0.29, 0.717) is 0 Å². The largest absolute Gasteiger partial charge is 0.313 e. The first-order chi connectivity index (χ1) is 7.95. The molecule has 1 N–H and O–H groups in total. The first-order valence-electron chi connectivity index (χ1n) is 6.37. The lowest BCUT2D eigenvalue weighted by Gasteiger charge is -2.00. The molecule has 0 amide bonds. The molecular formula is C15H21N. The molecule has 1 saturated carbocycles. The number of hydrogen-bond acceptors (Lipinski definition) is 1. The Balaban J connectivity index is 1.51. The van der Waals surface area contributed by atoms with Crippen molar-refractivity contribution in [1.29, 1.82) is 0 Å². The van der Waals surface area contributed by atoms with E-state index in [9.17, 15) is 0 Å². The molecule has 16 heavy (non-hydrogen) atoms. The summed E-state index contributed by atoms with van der Waals surface area (Å²) in [6.45, 7) is 2.15. The number of benzene rings is 1. The van der Waals surface area contributed by atoms with Crippen molar-refractivity contribution in [3.8, 4) is 0 Å². The van der Waals surface area contributed by atoms with Gasteiger partial charge in [0.05, 0.1) is 0 Å². The lowest BCUT2D eigenvalue weighted by molar-refractivity contribution is 0.617. The van der Waals surface area contributed by atoms with Crippen LogP contribution in [-0.2, 0) is 0 Å². The van der Waals surface area contributed by atoms with E-state index in [-0.39, 0.29) is 0 Å². The number of nitrogens with one attached hydrogen (secondary N) is 1. The molecule has 0 aromatic heterocycles. The Morgan fingerprint density at radius 3 is 2.75 bits per heavy atom. The van der Waals surface area contributed by atoms with Crippen molar-refractivity contribution in [2.75, 3.05) is 13.1 Å². The molecule has 1 nitrogen and oxygen atoms in total. The maximum Gasteiger partial charge on any atom is 0.0138 e. The maximum absolute atomic E-state index is 3.45. The van der Waals surface area contributed by atoms with Gasteiger partial charge >= 0.3 is 0 Å². The first-order valence-corrected chi connectivity index (χ1v) is 6.37. The fourth-order valence-corrected chi connectivity index (χ4v) is 1.87. The summed E-state index contributed by atoms with van der Waals surface area (Å²) in [4.78, 5) is 0. The van der Waals surface area contributed by atoms with Gasteiger partial charge < -0.3 is 5.32 Å². The summed E-state index contributed by atoms with van der Waals surface area (Å²) in [5, 5.41) is 3.45. The van der Waals surface area contributed by atoms with Gasteiger partial charge in [-0.15, -0.1) is 0 Å². The van der Waals surface area contributed by atoms with E-state index in [1.807, 2.05) is 6.07 Å². The van der Waals surface area contributed by atoms with E-state index in [4.69, 9.17) is 0 Å². The molecule has 1 fully saturated rings. The van der Waals surface area contributed by atoms with Crippen LogP contribution in [0.5, 0.6) is 0 Å². The highest BCUT2D eigenvalue weighted by molar-refractivity contribution is 5.48. The molecule has 0 spiro atoms. The molecule has 0 bridgehead atoms. The third-order valence-corrected chi connectivity index (χ3v) is 3.03. The minimum Gasteiger partial charge on any atom is -0.313 e. The summed E-state index contributed by atoms with van der Waals surface area (Å²) in [7, 11) is 0. The van der Waals surface area contributed by atoms with E-state index in [1.54, 1.807) is 0 Å². The van der Waals surface area contributed by atoms with Crippen LogP contribution >= 0.6 is 0 Å². The second kappa shape index (κ2) is 6.49. The topological polar surface area (TPSA) is 12.0 Å². The highest BCUT2D eigenvalue weighted by Gasteiger charge is 2.19. The average molecular weight is 215 g/mol. The zero-order chi connectivity index (χ0) is 11.1. The van der Waals surface area contributed by atoms with E-state index in [2.05, 4.69) is 41.7 Å². The Morgan fingerprint density at radius 2 is 2.00 bits per heavy atom. The van der Waals surface area contributed by atoms with Gasteiger partial charge in [-0.3, -0.25) is 0 Å². The predicted octanol–water partition coefficient (Wildman–Crippen LogP) is 3.48. The summed E-state index contributed by atoms with van der Waals surface area (Å²) >= 11 is 0. The van der Waals surface area contributed by atoms with Gasteiger partial charge in [-0.2, -0.15) is 0 Å². The molecule has 0 heterocycles. The molecule has 1 aliphatic rings. The molecule has 0 aliphatic heterocycles. The van der Waals surface area contributed by atoms with Crippen LogP contribution in [0.15, 0.2) is 36.4 Å². The normalized spacial score (nSPS) is 15.8. The van der Waals surface area contributed by atoms with E-state index in [0.717, 1.165) is 19.0 Å². The highest BCUT2D eigenvalue weighted by Crippen LogP contribution is 2.33. The van der Waals surface area contributed by atoms with E-state index >= 15 is 0 Å². The molecule has 1 aromatic rings. The lowest BCUT2D eigenvalue weighted by atomic mass is 10.2. The Hall–Kier alpha value is -1.08. The van der Waals surface area contributed by atoms with Crippen molar-refractivity contribution in [2.45, 2.75) is 25.7 Å². The lowest BCUT2D eigenvalue weighted by Crippen LogP contribution is -2.14. The fourth-order valence-electron chi connectivity index (χ4n) is 1.87. The summed E-state index contributed by atoms with van der Waals surface area (Å²) in [5.41, 5.74) is 1.28. The summed E-state index contributed by atoms with van der Waals surface area (Å²) in [5.74, 6) is 1.07. The summed E-state index contributed by atoms with van der Waals surface area (Å²) < 4.78 is 0. The van der Waals surface area contributed by atoms with Crippen molar-refractivity contribution >= 4 is 6.08 Å². The fraction of sp³-hybridized carbons (Fsp3) is 0.467. The van der Waals surface area contributed by atoms with Crippen molar-refractivity contribution < 1.29 is 0 Å². The zero-order valence-electron chi connectivity index (χ0n) is 9.86. The molecule has 86 valence electrons. The standard InChI is InChI=1S/C15H21N/c1-2-6-14(7-3-1)8-4-12-16-13-5-9-15-10-11-15/h1-4,6-8,15-16H,5,9-13H2/b8-4+. The highest BCUT2D eigenvalue weighted by atomic mass is 14.8. The average Bonchev–Trinajstić information content (AvgIpc) is 3.13. The Kier molecular flexibility index (Phi) is 4.63. The number of hydrogen-bond donors (Lipinski definition) is 1. The van der Waals surface area contributed by atoms with Gasteiger partial charge in [0, 0.05) is 6.54 Å². The quantitative estimate of drug-likeness (QED) is 0.687. The monoisotopic (exact) mass is 215 g/mol. The van der Waals surface area contributed by atoms with Gasteiger partial charge in [0.15, 0.2) is 0 Å². The molecule has 1 heteroatoms. The molecular weight excluding hydrogens is 194 g/mol. The van der Waals surface area contributed by atoms with Gasteiger partial charge in [0.25, 0.3) is 0 Å². The Labute approximate surface area is 98.6 Å². The second-order valence-electron chi connectivity index (χ2n) is 4.60. The maximum atomic E-state index is 3.45. The molecule has 1 aromatic carbocycles. The van der Waals surface area contributed by atoms with Crippen LogP contribution in [0.4, 0.5) is 0 Å². The van der Waals surface area contributed by atoms with Crippen LogP contribution in [0.1, 0.15) is 31.2 Å². The predicted molar refractivity (Wildman–Crippen MR) is 70.3 cm³/mol. The summed E-state index contributed by atoms with van der Waals surface area (Å²) in [6.07, 6.45) is 10.1. The minimum atomic E-state index is 0.986. The van der Waals surface area contributed by atoms with Gasteiger partial charge in [0.2, 0.25) is 0 Å².